The second-order valence-corrected chi connectivity index (χ2v) is 9.55. The third-order valence-electron chi connectivity index (χ3n) is 4.79. The lowest BCUT2D eigenvalue weighted by molar-refractivity contribution is -0.193. The zero-order valence-electron chi connectivity index (χ0n) is 14.2. The number of hydrogen-bond donors (Lipinski definition) is 0. The summed E-state index contributed by atoms with van der Waals surface area (Å²) in [7, 11) is -3.69. The van der Waals surface area contributed by atoms with Crippen LogP contribution in [0.2, 0.25) is 0 Å². The Bertz CT molecular complexity index is 806. The third kappa shape index (κ3) is 4.64. The Kier molecular flexibility index (Phi) is 5.59. The summed E-state index contributed by atoms with van der Waals surface area (Å²) in [6.07, 6.45) is -4.03. The number of morpholine rings is 1. The van der Waals surface area contributed by atoms with E-state index >= 15 is 0 Å². The maximum Gasteiger partial charge on any atom is 0.406 e. The number of halogens is 4. The number of ether oxygens (including phenoxy) is 1. The van der Waals surface area contributed by atoms with Gasteiger partial charge in [-0.2, -0.15) is 17.5 Å². The molecule has 0 saturated carbocycles. The first-order valence-electron chi connectivity index (χ1n) is 8.25. The van der Waals surface area contributed by atoms with Gasteiger partial charge in [0.1, 0.15) is 13.2 Å². The van der Waals surface area contributed by atoms with Gasteiger partial charge >= 0.3 is 6.18 Å². The fourth-order valence-electron chi connectivity index (χ4n) is 3.34. The van der Waals surface area contributed by atoms with Crippen molar-refractivity contribution in [1.82, 2.24) is 9.21 Å². The van der Waals surface area contributed by atoms with Gasteiger partial charge in [0, 0.05) is 17.6 Å². The standard InChI is InChI=1S/C16H18BrF3N2O4S/c17-12-1-3-13(4-2-12)27(24,25)22-7-5-15(6-8-22)10-21(11-16(18,19)20)14(23)9-26-15/h1-4H,5-11H2. The van der Waals surface area contributed by atoms with E-state index in [1.807, 2.05) is 0 Å². The lowest BCUT2D eigenvalue weighted by atomic mass is 9.90. The number of carbonyl (C=O) groups is 1. The van der Waals surface area contributed by atoms with E-state index < -0.39 is 40.9 Å². The molecule has 2 aliphatic rings. The minimum absolute atomic E-state index is 0.118. The van der Waals surface area contributed by atoms with Gasteiger partial charge in [-0.25, -0.2) is 8.42 Å². The topological polar surface area (TPSA) is 66.9 Å². The minimum atomic E-state index is -4.49. The van der Waals surface area contributed by atoms with Gasteiger partial charge in [0.05, 0.1) is 17.0 Å². The van der Waals surface area contributed by atoms with Gasteiger partial charge in [-0.05, 0) is 37.1 Å². The number of nitrogens with zero attached hydrogens (tertiary/aromatic N) is 2. The predicted molar refractivity (Wildman–Crippen MR) is 93.5 cm³/mol. The van der Waals surface area contributed by atoms with Gasteiger partial charge in [0.25, 0.3) is 0 Å². The van der Waals surface area contributed by atoms with Crippen molar-refractivity contribution in [2.45, 2.75) is 29.5 Å². The van der Waals surface area contributed by atoms with E-state index in [4.69, 9.17) is 4.74 Å². The molecular formula is C16H18BrF3N2O4S. The zero-order chi connectivity index (χ0) is 19.9. The van der Waals surface area contributed by atoms with E-state index in [0.717, 1.165) is 9.37 Å². The van der Waals surface area contributed by atoms with Crippen LogP contribution in [0.15, 0.2) is 33.6 Å². The van der Waals surface area contributed by atoms with Gasteiger partial charge < -0.3 is 9.64 Å². The fourth-order valence-corrected chi connectivity index (χ4v) is 5.05. The summed E-state index contributed by atoms with van der Waals surface area (Å²) in [6, 6.07) is 6.24. The van der Waals surface area contributed by atoms with Gasteiger partial charge in [-0.3, -0.25) is 4.79 Å². The Morgan fingerprint density at radius 2 is 1.74 bits per heavy atom. The van der Waals surface area contributed by atoms with Crippen molar-refractivity contribution in [3.05, 3.63) is 28.7 Å². The maximum absolute atomic E-state index is 12.7. The summed E-state index contributed by atoms with van der Waals surface area (Å²) in [5.74, 6) is -0.706. The van der Waals surface area contributed by atoms with E-state index in [-0.39, 0.29) is 37.4 Å². The molecule has 2 aliphatic heterocycles. The highest BCUT2D eigenvalue weighted by atomic mass is 79.9. The van der Waals surface area contributed by atoms with Crippen molar-refractivity contribution in [3.8, 4) is 0 Å². The number of rotatable bonds is 3. The van der Waals surface area contributed by atoms with Crippen molar-refractivity contribution in [2.75, 3.05) is 32.8 Å². The largest absolute Gasteiger partial charge is 0.406 e. The number of sulfonamides is 1. The molecule has 2 saturated heterocycles. The minimum Gasteiger partial charge on any atom is -0.363 e. The number of hydrogen-bond acceptors (Lipinski definition) is 4. The van der Waals surface area contributed by atoms with Crippen LogP contribution in [0.4, 0.5) is 13.2 Å². The first kappa shape index (κ1) is 20.6. The highest BCUT2D eigenvalue weighted by molar-refractivity contribution is 9.10. The number of piperidine rings is 1. The third-order valence-corrected chi connectivity index (χ3v) is 7.23. The molecular weight excluding hydrogens is 453 g/mol. The summed E-state index contributed by atoms with van der Waals surface area (Å²) in [5.41, 5.74) is -0.940. The Morgan fingerprint density at radius 3 is 2.30 bits per heavy atom. The lowest BCUT2D eigenvalue weighted by Crippen LogP contribution is -2.60. The summed E-state index contributed by atoms with van der Waals surface area (Å²) >= 11 is 3.25. The molecule has 150 valence electrons. The van der Waals surface area contributed by atoms with E-state index in [1.165, 1.54) is 16.4 Å². The molecule has 2 fully saturated rings. The monoisotopic (exact) mass is 470 g/mol. The molecule has 6 nitrogen and oxygen atoms in total. The van der Waals surface area contributed by atoms with Crippen LogP contribution in [0.25, 0.3) is 0 Å². The summed E-state index contributed by atoms with van der Waals surface area (Å²) < 4.78 is 71.1. The molecule has 27 heavy (non-hydrogen) atoms. The molecule has 11 heteroatoms. The summed E-state index contributed by atoms with van der Waals surface area (Å²) in [4.78, 5) is 12.6. The molecule has 1 spiro atoms. The molecule has 1 aromatic rings. The highest BCUT2D eigenvalue weighted by Crippen LogP contribution is 2.34. The molecule has 0 aliphatic carbocycles. The van der Waals surface area contributed by atoms with E-state index in [0.29, 0.717) is 0 Å². The number of alkyl halides is 3. The zero-order valence-corrected chi connectivity index (χ0v) is 16.6. The molecule has 3 rings (SSSR count). The highest BCUT2D eigenvalue weighted by Gasteiger charge is 2.46. The number of benzene rings is 1. The Balaban J connectivity index is 1.69. The number of amides is 1. The van der Waals surface area contributed by atoms with Crippen molar-refractivity contribution in [1.29, 1.82) is 0 Å². The van der Waals surface area contributed by atoms with E-state index in [2.05, 4.69) is 15.9 Å². The average Bonchev–Trinajstić information content (AvgIpc) is 2.58. The summed E-state index contributed by atoms with van der Waals surface area (Å²) in [6.45, 7) is -1.69. The Morgan fingerprint density at radius 1 is 1.15 bits per heavy atom. The van der Waals surface area contributed by atoms with Gasteiger partial charge in [0.2, 0.25) is 15.9 Å². The van der Waals surface area contributed by atoms with Crippen molar-refractivity contribution >= 4 is 31.9 Å². The normalized spacial score (nSPS) is 21.6. The van der Waals surface area contributed by atoms with Crippen LogP contribution in [0.5, 0.6) is 0 Å². The molecule has 1 aromatic carbocycles. The van der Waals surface area contributed by atoms with E-state index in [1.54, 1.807) is 12.1 Å². The van der Waals surface area contributed by atoms with Crippen LogP contribution in [0, 0.1) is 0 Å². The van der Waals surface area contributed by atoms with Crippen molar-refractivity contribution in [2.24, 2.45) is 0 Å². The molecule has 0 atom stereocenters. The second-order valence-electron chi connectivity index (χ2n) is 6.69. The fraction of sp³-hybridized carbons (Fsp3) is 0.562. The molecule has 0 radical (unpaired) electrons. The maximum atomic E-state index is 12.7. The predicted octanol–water partition coefficient (Wildman–Crippen LogP) is 2.39. The van der Waals surface area contributed by atoms with Crippen molar-refractivity contribution in [3.63, 3.8) is 0 Å². The van der Waals surface area contributed by atoms with Gasteiger partial charge in [-0.1, -0.05) is 15.9 Å². The van der Waals surface area contributed by atoms with Crippen LogP contribution >= 0.6 is 15.9 Å². The average molecular weight is 471 g/mol. The smallest absolute Gasteiger partial charge is 0.363 e. The SMILES string of the molecule is O=C1COC2(CCN(S(=O)(=O)c3ccc(Br)cc3)CC2)CN1CC(F)(F)F. The van der Waals surface area contributed by atoms with Crippen LogP contribution in [0.3, 0.4) is 0 Å². The first-order chi connectivity index (χ1) is 12.5. The molecule has 0 unspecified atom stereocenters. The molecule has 0 aromatic heterocycles. The van der Waals surface area contributed by atoms with E-state index in [9.17, 15) is 26.4 Å². The van der Waals surface area contributed by atoms with Gasteiger partial charge in [-0.15, -0.1) is 0 Å². The molecule has 0 bridgehead atoms. The quantitative estimate of drug-likeness (QED) is 0.680. The second kappa shape index (κ2) is 7.34. The summed E-state index contributed by atoms with van der Waals surface area (Å²) in [5, 5.41) is 0. The Labute approximate surface area is 163 Å². The van der Waals surface area contributed by atoms with Crippen molar-refractivity contribution < 1.29 is 31.1 Å². The van der Waals surface area contributed by atoms with Crippen LogP contribution in [-0.2, 0) is 19.6 Å². The van der Waals surface area contributed by atoms with Crippen LogP contribution in [-0.4, -0.2) is 68.1 Å². The molecule has 2 heterocycles. The number of carbonyl (C=O) groups excluding carboxylic acids is 1. The molecule has 0 N–H and O–H groups in total. The van der Waals surface area contributed by atoms with Gasteiger partial charge in [0.15, 0.2) is 0 Å². The van der Waals surface area contributed by atoms with Crippen LogP contribution in [0.1, 0.15) is 12.8 Å². The Hall–Kier alpha value is -1.17. The lowest BCUT2D eigenvalue weighted by Gasteiger charge is -2.46. The van der Waals surface area contributed by atoms with Crippen LogP contribution < -0.4 is 0 Å². The molecule has 1 amide bonds. The first-order valence-corrected chi connectivity index (χ1v) is 10.5.